The van der Waals surface area contributed by atoms with Crippen LogP contribution in [-0.2, 0) is 4.74 Å². The number of fused-ring (bicyclic) bond motifs is 1. The zero-order valence-corrected chi connectivity index (χ0v) is 13.9. The summed E-state index contributed by atoms with van der Waals surface area (Å²) < 4.78 is 7.99. The lowest BCUT2D eigenvalue weighted by Crippen LogP contribution is -2.44. The molecular formula is C12H13ClIN3O4. The summed E-state index contributed by atoms with van der Waals surface area (Å²) >= 11 is 8.16. The van der Waals surface area contributed by atoms with E-state index in [-0.39, 0.29) is 6.61 Å². The molecule has 3 N–H and O–H groups in total. The minimum Gasteiger partial charge on any atom is -0.394 e. The molecule has 7 nitrogen and oxygen atoms in total. The fraction of sp³-hybridized carbons (Fsp3) is 0.500. The normalized spacial score (nSPS) is 33.0. The Bertz CT molecular complexity index is 692. The molecule has 2 aromatic heterocycles. The van der Waals surface area contributed by atoms with E-state index in [0.717, 1.165) is 3.57 Å². The summed E-state index contributed by atoms with van der Waals surface area (Å²) in [5.74, 6) is 0. The van der Waals surface area contributed by atoms with Gasteiger partial charge in [0.1, 0.15) is 34.9 Å². The second kappa shape index (κ2) is 5.28. The third-order valence-electron chi connectivity index (χ3n) is 3.70. The van der Waals surface area contributed by atoms with E-state index in [2.05, 4.69) is 32.6 Å². The number of nitrogens with zero attached hydrogens (tertiary/aromatic N) is 3. The summed E-state index contributed by atoms with van der Waals surface area (Å²) in [5.41, 5.74) is -1.07. The molecule has 1 aliphatic rings. The molecule has 0 aliphatic carbocycles. The van der Waals surface area contributed by atoms with Crippen molar-refractivity contribution in [1.82, 2.24) is 14.5 Å². The minimum atomic E-state index is -1.57. The van der Waals surface area contributed by atoms with Crippen molar-refractivity contribution < 1.29 is 20.1 Å². The lowest BCUT2D eigenvalue weighted by atomic mass is 9.96. The smallest absolute Gasteiger partial charge is 0.167 e. The Balaban J connectivity index is 2.15. The first-order valence-electron chi connectivity index (χ1n) is 6.21. The predicted molar refractivity (Wildman–Crippen MR) is 82.9 cm³/mol. The van der Waals surface area contributed by atoms with Gasteiger partial charge in [0.2, 0.25) is 0 Å². The van der Waals surface area contributed by atoms with Crippen LogP contribution in [0.15, 0.2) is 12.5 Å². The van der Waals surface area contributed by atoms with Gasteiger partial charge < -0.3 is 24.6 Å². The van der Waals surface area contributed by atoms with Crippen LogP contribution >= 0.6 is 34.2 Å². The molecule has 1 fully saturated rings. The highest BCUT2D eigenvalue weighted by atomic mass is 127. The van der Waals surface area contributed by atoms with Gasteiger partial charge in [-0.15, -0.1) is 0 Å². The van der Waals surface area contributed by atoms with Gasteiger partial charge in [-0.2, -0.15) is 0 Å². The van der Waals surface area contributed by atoms with Crippen LogP contribution in [0.4, 0.5) is 0 Å². The Morgan fingerprint density at radius 1 is 1.52 bits per heavy atom. The Labute approximate surface area is 138 Å². The quantitative estimate of drug-likeness (QED) is 0.484. The standard InChI is InChI=1S/C12H13ClIN3O4/c1-12(20)8(19)6(3-18)21-11(12)17-2-5(14)7-9(13)15-4-16-10(7)17/h2,4,6,8,11,18-20H,3H2,1H3/t6?,8-,11?,12+/m1/s1. The third-order valence-corrected chi connectivity index (χ3v) is 4.81. The number of aliphatic hydroxyl groups is 3. The molecule has 2 aromatic rings. The molecule has 0 bridgehead atoms. The molecular weight excluding hydrogens is 413 g/mol. The first kappa shape index (κ1) is 15.4. The van der Waals surface area contributed by atoms with Crippen molar-refractivity contribution in [3.05, 3.63) is 21.2 Å². The number of hydrogen-bond donors (Lipinski definition) is 3. The lowest BCUT2D eigenvalue weighted by molar-refractivity contribution is -0.0948. The van der Waals surface area contributed by atoms with Gasteiger partial charge in [-0.3, -0.25) is 0 Å². The average Bonchev–Trinajstić information content (AvgIpc) is 2.87. The number of ether oxygens (including phenoxy) is 1. The SMILES string of the molecule is C[C@@]1(O)C(n2cc(I)c3c(Cl)ncnc32)OC(CO)[C@H]1O. The molecule has 4 atom stereocenters. The van der Waals surface area contributed by atoms with Crippen molar-refractivity contribution in [2.24, 2.45) is 0 Å². The third kappa shape index (κ3) is 2.25. The summed E-state index contributed by atoms with van der Waals surface area (Å²) in [4.78, 5) is 8.11. The van der Waals surface area contributed by atoms with Gasteiger partial charge in [0, 0.05) is 9.77 Å². The second-order valence-electron chi connectivity index (χ2n) is 5.13. The van der Waals surface area contributed by atoms with Crippen molar-refractivity contribution in [2.45, 2.75) is 31.0 Å². The zero-order chi connectivity index (χ0) is 15.4. The highest BCUT2D eigenvalue weighted by Crippen LogP contribution is 2.41. The van der Waals surface area contributed by atoms with Crippen LogP contribution in [0.5, 0.6) is 0 Å². The van der Waals surface area contributed by atoms with Crippen LogP contribution in [0, 0.1) is 3.57 Å². The van der Waals surface area contributed by atoms with E-state index < -0.39 is 24.0 Å². The molecule has 1 saturated heterocycles. The maximum absolute atomic E-state index is 10.5. The van der Waals surface area contributed by atoms with Crippen LogP contribution in [0.3, 0.4) is 0 Å². The largest absolute Gasteiger partial charge is 0.394 e. The van der Waals surface area contributed by atoms with Crippen molar-refractivity contribution in [1.29, 1.82) is 0 Å². The Kier molecular flexibility index (Phi) is 3.87. The molecule has 0 amide bonds. The second-order valence-corrected chi connectivity index (χ2v) is 6.65. The Hall–Kier alpha value is -0.520. The van der Waals surface area contributed by atoms with Crippen molar-refractivity contribution in [3.63, 3.8) is 0 Å². The topological polar surface area (TPSA) is 101 Å². The molecule has 9 heteroatoms. The molecule has 0 aromatic carbocycles. The van der Waals surface area contributed by atoms with Crippen LogP contribution in [0.1, 0.15) is 13.2 Å². The van der Waals surface area contributed by atoms with Gasteiger partial charge in [0.25, 0.3) is 0 Å². The Morgan fingerprint density at radius 2 is 2.24 bits per heavy atom. The fourth-order valence-electron chi connectivity index (χ4n) is 2.57. The number of rotatable bonds is 2. The summed E-state index contributed by atoms with van der Waals surface area (Å²) in [5, 5.41) is 30.8. The van der Waals surface area contributed by atoms with Crippen molar-refractivity contribution in [2.75, 3.05) is 6.61 Å². The highest BCUT2D eigenvalue weighted by Gasteiger charge is 2.53. The summed E-state index contributed by atoms with van der Waals surface area (Å²) in [6, 6.07) is 0. The van der Waals surface area contributed by atoms with Gasteiger partial charge in [-0.1, -0.05) is 11.6 Å². The summed E-state index contributed by atoms with van der Waals surface area (Å²) in [6.45, 7) is 1.07. The van der Waals surface area contributed by atoms with Crippen LogP contribution in [0.2, 0.25) is 5.15 Å². The molecule has 0 radical (unpaired) electrons. The molecule has 3 rings (SSSR count). The lowest BCUT2D eigenvalue weighted by Gasteiger charge is -2.27. The minimum absolute atomic E-state index is 0.306. The Morgan fingerprint density at radius 3 is 2.86 bits per heavy atom. The van der Waals surface area contributed by atoms with Gasteiger partial charge >= 0.3 is 0 Å². The summed E-state index contributed by atoms with van der Waals surface area (Å²) in [6.07, 6.45) is 0.0807. The monoisotopic (exact) mass is 425 g/mol. The number of aliphatic hydroxyl groups excluding tert-OH is 2. The zero-order valence-electron chi connectivity index (χ0n) is 10.9. The number of hydrogen-bond acceptors (Lipinski definition) is 6. The van der Waals surface area contributed by atoms with Crippen LogP contribution in [-0.4, -0.2) is 54.3 Å². The van der Waals surface area contributed by atoms with E-state index in [1.807, 2.05) is 0 Å². The van der Waals surface area contributed by atoms with Gasteiger partial charge in [0.15, 0.2) is 6.23 Å². The first-order valence-corrected chi connectivity index (χ1v) is 7.67. The van der Waals surface area contributed by atoms with E-state index in [1.54, 1.807) is 10.8 Å². The van der Waals surface area contributed by atoms with E-state index in [0.29, 0.717) is 16.2 Å². The molecule has 0 spiro atoms. The van der Waals surface area contributed by atoms with Crippen molar-refractivity contribution in [3.8, 4) is 0 Å². The predicted octanol–water partition coefficient (Wildman–Crippen LogP) is 0.691. The molecule has 1 aliphatic heterocycles. The fourth-order valence-corrected chi connectivity index (χ4v) is 3.76. The van der Waals surface area contributed by atoms with Gasteiger partial charge in [-0.05, 0) is 29.5 Å². The van der Waals surface area contributed by atoms with E-state index in [4.69, 9.17) is 16.3 Å². The molecule has 114 valence electrons. The molecule has 2 unspecified atom stereocenters. The van der Waals surface area contributed by atoms with E-state index in [1.165, 1.54) is 13.3 Å². The van der Waals surface area contributed by atoms with E-state index in [9.17, 15) is 15.3 Å². The first-order chi connectivity index (χ1) is 9.87. The highest BCUT2D eigenvalue weighted by molar-refractivity contribution is 14.1. The average molecular weight is 426 g/mol. The molecule has 21 heavy (non-hydrogen) atoms. The maximum atomic E-state index is 10.5. The van der Waals surface area contributed by atoms with E-state index >= 15 is 0 Å². The maximum Gasteiger partial charge on any atom is 0.167 e. The van der Waals surface area contributed by atoms with Gasteiger partial charge in [-0.25, -0.2) is 9.97 Å². The van der Waals surface area contributed by atoms with Gasteiger partial charge in [0.05, 0.1) is 12.0 Å². The molecule has 0 saturated carbocycles. The number of halogens is 2. The van der Waals surface area contributed by atoms with Crippen LogP contribution < -0.4 is 0 Å². The molecule has 3 heterocycles. The number of aromatic nitrogens is 3. The van der Waals surface area contributed by atoms with Crippen molar-refractivity contribution >= 4 is 45.2 Å². The van der Waals surface area contributed by atoms with Crippen LogP contribution in [0.25, 0.3) is 11.0 Å². The summed E-state index contributed by atoms with van der Waals surface area (Å²) in [7, 11) is 0.